The van der Waals surface area contributed by atoms with Crippen LogP contribution >= 0.6 is 27.7 Å². The molecule has 28 heavy (non-hydrogen) atoms. The normalized spacial score (nSPS) is 17.5. The van der Waals surface area contributed by atoms with E-state index < -0.39 is 16.1 Å². The Kier molecular flexibility index (Phi) is 6.81. The maximum atomic E-state index is 13.4. The van der Waals surface area contributed by atoms with E-state index in [1.54, 1.807) is 18.2 Å². The summed E-state index contributed by atoms with van der Waals surface area (Å²) in [4.78, 5) is 12.9. The first-order valence-corrected chi connectivity index (χ1v) is 12.3. The molecule has 1 atom stereocenters. The van der Waals surface area contributed by atoms with E-state index in [1.165, 1.54) is 16.1 Å². The zero-order valence-corrected chi connectivity index (χ0v) is 19.0. The SMILES string of the molecule is CCSC(=O)C1=CCN(S(=O)(=O)c2ccc(CC)cc2)C1c1ccc(Br)cc1. The molecular weight excluding hydrogens is 458 g/mol. The average Bonchev–Trinajstić information content (AvgIpc) is 3.15. The van der Waals surface area contributed by atoms with Gasteiger partial charge in [0.25, 0.3) is 0 Å². The highest BCUT2D eigenvalue weighted by Gasteiger charge is 2.40. The van der Waals surface area contributed by atoms with Crippen molar-refractivity contribution in [3.8, 4) is 0 Å². The van der Waals surface area contributed by atoms with Crippen molar-refractivity contribution in [1.29, 1.82) is 0 Å². The molecular formula is C21H22BrNO3S2. The zero-order valence-electron chi connectivity index (χ0n) is 15.8. The second-order valence-electron chi connectivity index (χ2n) is 6.41. The van der Waals surface area contributed by atoms with Gasteiger partial charge in [-0.2, -0.15) is 4.31 Å². The minimum absolute atomic E-state index is 0.0746. The molecule has 1 aliphatic rings. The Morgan fingerprint density at radius 2 is 1.75 bits per heavy atom. The number of aryl methyl sites for hydroxylation is 1. The third-order valence-corrected chi connectivity index (χ3v) is 7.87. The largest absolute Gasteiger partial charge is 0.282 e. The zero-order chi connectivity index (χ0) is 20.3. The Bertz CT molecular complexity index is 983. The molecule has 4 nitrogen and oxygen atoms in total. The van der Waals surface area contributed by atoms with E-state index in [9.17, 15) is 13.2 Å². The minimum Gasteiger partial charge on any atom is -0.282 e. The molecule has 1 unspecified atom stereocenters. The smallest absolute Gasteiger partial charge is 0.244 e. The van der Waals surface area contributed by atoms with Crippen LogP contribution in [-0.4, -0.2) is 30.1 Å². The number of sulfonamides is 1. The summed E-state index contributed by atoms with van der Waals surface area (Å²) in [5.41, 5.74) is 2.40. The molecule has 0 fully saturated rings. The standard InChI is InChI=1S/C21H22BrNO3S2/c1-3-15-5-11-18(12-6-15)28(25,26)23-14-13-19(21(24)27-4-2)20(23)16-7-9-17(22)10-8-16/h5-13,20H,3-4,14H2,1-2H3. The summed E-state index contributed by atoms with van der Waals surface area (Å²) < 4.78 is 29.1. The second kappa shape index (κ2) is 8.95. The number of halogens is 1. The quantitative estimate of drug-likeness (QED) is 0.587. The minimum atomic E-state index is -3.74. The summed E-state index contributed by atoms with van der Waals surface area (Å²) in [5, 5.41) is -0.0746. The highest BCUT2D eigenvalue weighted by Crippen LogP contribution is 2.39. The maximum Gasteiger partial charge on any atom is 0.244 e. The molecule has 0 spiro atoms. The molecule has 0 amide bonds. The lowest BCUT2D eigenvalue weighted by Gasteiger charge is -2.26. The molecule has 0 aliphatic carbocycles. The van der Waals surface area contributed by atoms with Crippen LogP contribution in [-0.2, 0) is 21.2 Å². The topological polar surface area (TPSA) is 54.5 Å². The Labute approximate surface area is 179 Å². The summed E-state index contributed by atoms with van der Waals surface area (Å²) >= 11 is 4.62. The third-order valence-electron chi connectivity index (χ3n) is 4.71. The number of hydrogen-bond acceptors (Lipinski definition) is 4. The number of carbonyl (C=O) groups is 1. The Balaban J connectivity index is 2.03. The lowest BCUT2D eigenvalue weighted by Crippen LogP contribution is -2.33. The summed E-state index contributed by atoms with van der Waals surface area (Å²) in [6.07, 6.45) is 2.59. The van der Waals surface area contributed by atoms with Crippen LogP contribution in [0.4, 0.5) is 0 Å². The Morgan fingerprint density at radius 1 is 1.11 bits per heavy atom. The van der Waals surface area contributed by atoms with Gasteiger partial charge in [-0.3, -0.25) is 4.79 Å². The first-order chi connectivity index (χ1) is 13.4. The molecule has 148 valence electrons. The fourth-order valence-electron chi connectivity index (χ4n) is 3.23. The molecule has 3 rings (SSSR count). The molecule has 0 bridgehead atoms. The fourth-order valence-corrected chi connectivity index (χ4v) is 5.65. The van der Waals surface area contributed by atoms with E-state index in [0.717, 1.165) is 22.0 Å². The van der Waals surface area contributed by atoms with Gasteiger partial charge in [-0.05, 0) is 47.6 Å². The maximum absolute atomic E-state index is 13.4. The molecule has 0 saturated heterocycles. The van der Waals surface area contributed by atoms with Crippen LogP contribution in [0.3, 0.4) is 0 Å². The molecule has 0 saturated carbocycles. The fraction of sp³-hybridized carbons (Fsp3) is 0.286. The van der Waals surface area contributed by atoms with Crippen molar-refractivity contribution in [2.45, 2.75) is 31.2 Å². The van der Waals surface area contributed by atoms with Crippen molar-refractivity contribution in [3.63, 3.8) is 0 Å². The van der Waals surface area contributed by atoms with Gasteiger partial charge in [-0.15, -0.1) is 0 Å². The van der Waals surface area contributed by atoms with E-state index >= 15 is 0 Å². The van der Waals surface area contributed by atoms with Gasteiger partial charge >= 0.3 is 0 Å². The molecule has 0 radical (unpaired) electrons. The predicted molar refractivity (Wildman–Crippen MR) is 118 cm³/mol. The van der Waals surface area contributed by atoms with E-state index in [2.05, 4.69) is 15.9 Å². The first kappa shape index (κ1) is 21.3. The molecule has 1 aliphatic heterocycles. The lowest BCUT2D eigenvalue weighted by atomic mass is 10.0. The second-order valence-corrected chi connectivity index (χ2v) is 10.4. The number of hydrogen-bond donors (Lipinski definition) is 0. The Hall–Kier alpha value is -1.41. The number of thioether (sulfide) groups is 1. The third kappa shape index (κ3) is 4.27. The highest BCUT2D eigenvalue weighted by molar-refractivity contribution is 9.10. The molecule has 7 heteroatoms. The van der Waals surface area contributed by atoms with Gasteiger partial charge in [-0.25, -0.2) is 8.42 Å². The van der Waals surface area contributed by atoms with Crippen molar-refractivity contribution in [3.05, 3.63) is 75.8 Å². The van der Waals surface area contributed by atoms with Crippen LogP contribution in [0.15, 0.2) is 69.5 Å². The van der Waals surface area contributed by atoms with Gasteiger partial charge in [0.2, 0.25) is 15.1 Å². The van der Waals surface area contributed by atoms with E-state index in [-0.39, 0.29) is 16.6 Å². The van der Waals surface area contributed by atoms with Gasteiger partial charge in [0.05, 0.1) is 10.9 Å². The van der Waals surface area contributed by atoms with E-state index in [0.29, 0.717) is 11.3 Å². The van der Waals surface area contributed by atoms with Crippen molar-refractivity contribution in [1.82, 2.24) is 4.31 Å². The summed E-state index contributed by atoms with van der Waals surface area (Å²) in [5.74, 6) is 0.647. The van der Waals surface area contributed by atoms with Crippen LogP contribution in [0, 0.1) is 0 Å². The van der Waals surface area contributed by atoms with Crippen molar-refractivity contribution < 1.29 is 13.2 Å². The predicted octanol–water partition coefficient (Wildman–Crippen LogP) is 4.96. The van der Waals surface area contributed by atoms with Crippen LogP contribution < -0.4 is 0 Å². The number of rotatable bonds is 6. The monoisotopic (exact) mass is 479 g/mol. The Morgan fingerprint density at radius 3 is 2.32 bits per heavy atom. The van der Waals surface area contributed by atoms with Gasteiger partial charge in [-0.1, -0.05) is 71.9 Å². The van der Waals surface area contributed by atoms with Gasteiger partial charge in [0.1, 0.15) is 0 Å². The van der Waals surface area contributed by atoms with Crippen LogP contribution in [0.1, 0.15) is 31.0 Å². The first-order valence-electron chi connectivity index (χ1n) is 9.12. The van der Waals surface area contributed by atoms with Crippen molar-refractivity contribution >= 4 is 42.8 Å². The van der Waals surface area contributed by atoms with Crippen molar-refractivity contribution in [2.75, 3.05) is 12.3 Å². The van der Waals surface area contributed by atoms with E-state index in [1.807, 2.05) is 50.2 Å². The average molecular weight is 480 g/mol. The van der Waals surface area contributed by atoms with Gasteiger partial charge < -0.3 is 0 Å². The van der Waals surface area contributed by atoms with Crippen LogP contribution in [0.2, 0.25) is 0 Å². The number of nitrogens with zero attached hydrogens (tertiary/aromatic N) is 1. The van der Waals surface area contributed by atoms with Crippen LogP contribution in [0.5, 0.6) is 0 Å². The number of benzene rings is 2. The van der Waals surface area contributed by atoms with Gasteiger partial charge in [0.15, 0.2) is 0 Å². The summed E-state index contributed by atoms with van der Waals surface area (Å²) in [7, 11) is -3.74. The summed E-state index contributed by atoms with van der Waals surface area (Å²) in [6, 6.07) is 13.8. The highest BCUT2D eigenvalue weighted by atomic mass is 79.9. The molecule has 1 heterocycles. The summed E-state index contributed by atoms with van der Waals surface area (Å²) in [6.45, 7) is 4.13. The van der Waals surface area contributed by atoms with Gasteiger partial charge in [0, 0.05) is 16.6 Å². The molecule has 2 aromatic rings. The molecule has 0 N–H and O–H groups in total. The van der Waals surface area contributed by atoms with Crippen molar-refractivity contribution in [2.24, 2.45) is 0 Å². The van der Waals surface area contributed by atoms with Crippen LogP contribution in [0.25, 0.3) is 0 Å². The van der Waals surface area contributed by atoms with E-state index in [4.69, 9.17) is 0 Å². The molecule has 0 aromatic heterocycles. The lowest BCUT2D eigenvalue weighted by molar-refractivity contribution is -0.108. The molecule has 2 aromatic carbocycles. The number of carbonyl (C=O) groups excluding carboxylic acids is 1.